The molecule has 18 heavy (non-hydrogen) atoms. The van der Waals surface area contributed by atoms with E-state index in [2.05, 4.69) is 13.8 Å². The highest BCUT2D eigenvalue weighted by molar-refractivity contribution is 5.73. The van der Waals surface area contributed by atoms with E-state index in [-0.39, 0.29) is 11.9 Å². The molecule has 0 radical (unpaired) electrons. The number of ether oxygens (including phenoxy) is 2. The molecule has 108 valence electrons. The molecule has 0 amide bonds. The number of esters is 1. The molecule has 0 bridgehead atoms. The molecule has 0 aliphatic carbocycles. The summed E-state index contributed by atoms with van der Waals surface area (Å²) in [6.07, 6.45) is 3.05. The van der Waals surface area contributed by atoms with Crippen molar-refractivity contribution in [2.24, 2.45) is 11.8 Å². The molecule has 0 N–H and O–H groups in total. The van der Waals surface area contributed by atoms with Gasteiger partial charge in [-0.1, -0.05) is 26.7 Å². The smallest absolute Gasteiger partial charge is 0.311 e. The van der Waals surface area contributed by atoms with Gasteiger partial charge in [0.05, 0.1) is 12.5 Å². The summed E-state index contributed by atoms with van der Waals surface area (Å²) in [4.78, 5) is 12.0. The standard InChI is InChI=1S/C15H30O3/c1-7-17-11-13(10-8-9-12(2)3)14(16)18-15(4,5)6/h12-13H,7-11H2,1-6H3. The Morgan fingerprint density at radius 3 is 2.22 bits per heavy atom. The van der Waals surface area contributed by atoms with Gasteiger partial charge in [0.25, 0.3) is 0 Å². The van der Waals surface area contributed by atoms with Crippen LogP contribution < -0.4 is 0 Å². The van der Waals surface area contributed by atoms with Crippen LogP contribution in [0.4, 0.5) is 0 Å². The molecule has 3 nitrogen and oxygen atoms in total. The van der Waals surface area contributed by atoms with Crippen LogP contribution in [0.1, 0.15) is 60.8 Å². The molecule has 0 aliphatic heterocycles. The zero-order valence-electron chi connectivity index (χ0n) is 12.9. The number of hydrogen-bond acceptors (Lipinski definition) is 3. The number of hydrogen-bond donors (Lipinski definition) is 0. The van der Waals surface area contributed by atoms with Gasteiger partial charge < -0.3 is 9.47 Å². The van der Waals surface area contributed by atoms with Gasteiger partial charge in [0.1, 0.15) is 5.60 Å². The van der Waals surface area contributed by atoms with Gasteiger partial charge in [-0.3, -0.25) is 4.79 Å². The van der Waals surface area contributed by atoms with E-state index in [0.29, 0.717) is 19.1 Å². The maximum Gasteiger partial charge on any atom is 0.311 e. The Balaban J connectivity index is 4.24. The second kappa shape index (κ2) is 8.52. The van der Waals surface area contributed by atoms with Gasteiger partial charge in [0.15, 0.2) is 0 Å². The summed E-state index contributed by atoms with van der Waals surface area (Å²) in [5.41, 5.74) is -0.417. The van der Waals surface area contributed by atoms with E-state index in [9.17, 15) is 4.79 Å². The predicted molar refractivity (Wildman–Crippen MR) is 74.5 cm³/mol. The van der Waals surface area contributed by atoms with Gasteiger partial charge >= 0.3 is 5.97 Å². The largest absolute Gasteiger partial charge is 0.460 e. The lowest BCUT2D eigenvalue weighted by atomic mass is 9.98. The summed E-state index contributed by atoms with van der Waals surface area (Å²) in [7, 11) is 0. The minimum atomic E-state index is -0.417. The van der Waals surface area contributed by atoms with Crippen LogP contribution in [0.2, 0.25) is 0 Å². The molecule has 1 unspecified atom stereocenters. The third-order valence-electron chi connectivity index (χ3n) is 2.60. The molecule has 3 heteroatoms. The van der Waals surface area contributed by atoms with E-state index in [0.717, 1.165) is 19.3 Å². The summed E-state index contributed by atoms with van der Waals surface area (Å²) in [6, 6.07) is 0. The van der Waals surface area contributed by atoms with E-state index in [4.69, 9.17) is 9.47 Å². The average molecular weight is 258 g/mol. The average Bonchev–Trinajstić information content (AvgIpc) is 2.19. The van der Waals surface area contributed by atoms with Gasteiger partial charge in [0.2, 0.25) is 0 Å². The topological polar surface area (TPSA) is 35.5 Å². The highest BCUT2D eigenvalue weighted by atomic mass is 16.6. The van der Waals surface area contributed by atoms with E-state index in [1.807, 2.05) is 27.7 Å². The third kappa shape index (κ3) is 9.46. The fourth-order valence-corrected chi connectivity index (χ4v) is 1.69. The Morgan fingerprint density at radius 2 is 1.78 bits per heavy atom. The van der Waals surface area contributed by atoms with Crippen LogP contribution in [-0.2, 0) is 14.3 Å². The Morgan fingerprint density at radius 1 is 1.17 bits per heavy atom. The number of carbonyl (C=O) groups excluding carboxylic acids is 1. The highest BCUT2D eigenvalue weighted by Gasteiger charge is 2.25. The van der Waals surface area contributed by atoms with Crippen LogP contribution in [0.3, 0.4) is 0 Å². The number of rotatable bonds is 8. The maximum atomic E-state index is 12.0. The first-order chi connectivity index (χ1) is 8.26. The zero-order valence-corrected chi connectivity index (χ0v) is 12.9. The molecule has 0 rings (SSSR count). The van der Waals surface area contributed by atoms with Crippen molar-refractivity contribution in [2.75, 3.05) is 13.2 Å². The summed E-state index contributed by atoms with van der Waals surface area (Å²) in [6.45, 7) is 13.2. The highest BCUT2D eigenvalue weighted by Crippen LogP contribution is 2.18. The van der Waals surface area contributed by atoms with Crippen molar-refractivity contribution in [3.05, 3.63) is 0 Å². The molecule has 0 aromatic carbocycles. The van der Waals surface area contributed by atoms with Gasteiger partial charge in [-0.25, -0.2) is 0 Å². The predicted octanol–water partition coefficient (Wildman–Crippen LogP) is 3.81. The van der Waals surface area contributed by atoms with E-state index in [1.54, 1.807) is 0 Å². The van der Waals surface area contributed by atoms with Crippen molar-refractivity contribution in [1.29, 1.82) is 0 Å². The van der Waals surface area contributed by atoms with Crippen LogP contribution in [-0.4, -0.2) is 24.8 Å². The minimum Gasteiger partial charge on any atom is -0.460 e. The lowest BCUT2D eigenvalue weighted by molar-refractivity contribution is -0.162. The van der Waals surface area contributed by atoms with Crippen LogP contribution in [0.15, 0.2) is 0 Å². The number of carbonyl (C=O) groups is 1. The van der Waals surface area contributed by atoms with Gasteiger partial charge in [0, 0.05) is 6.61 Å². The second-order valence-electron chi connectivity index (χ2n) is 6.21. The third-order valence-corrected chi connectivity index (χ3v) is 2.60. The van der Waals surface area contributed by atoms with Crippen molar-refractivity contribution in [1.82, 2.24) is 0 Å². The molecule has 0 saturated heterocycles. The first-order valence-corrected chi connectivity index (χ1v) is 7.06. The van der Waals surface area contributed by atoms with Crippen molar-refractivity contribution in [3.63, 3.8) is 0 Å². The molecule has 0 spiro atoms. The Hall–Kier alpha value is -0.570. The lowest BCUT2D eigenvalue weighted by Crippen LogP contribution is -2.31. The second-order valence-corrected chi connectivity index (χ2v) is 6.21. The first kappa shape index (κ1) is 17.4. The SMILES string of the molecule is CCOCC(CCCC(C)C)C(=O)OC(C)(C)C. The fourth-order valence-electron chi connectivity index (χ4n) is 1.69. The molecule has 0 aromatic rings. The van der Waals surface area contributed by atoms with Crippen molar-refractivity contribution < 1.29 is 14.3 Å². The normalized spacial score (nSPS) is 13.7. The summed E-state index contributed by atoms with van der Waals surface area (Å²) < 4.78 is 10.8. The first-order valence-electron chi connectivity index (χ1n) is 7.06. The van der Waals surface area contributed by atoms with Gasteiger partial charge in [-0.15, -0.1) is 0 Å². The Labute approximate surface area is 112 Å². The van der Waals surface area contributed by atoms with Crippen LogP contribution in [0, 0.1) is 11.8 Å². The molecule has 0 fully saturated rings. The van der Waals surface area contributed by atoms with E-state index < -0.39 is 5.60 Å². The van der Waals surface area contributed by atoms with Crippen molar-refractivity contribution >= 4 is 5.97 Å². The fraction of sp³-hybridized carbons (Fsp3) is 0.933. The molecule has 0 heterocycles. The maximum absolute atomic E-state index is 12.0. The van der Waals surface area contributed by atoms with Crippen molar-refractivity contribution in [2.45, 2.75) is 66.4 Å². The summed E-state index contributed by atoms with van der Waals surface area (Å²) in [5.74, 6) is 0.430. The van der Waals surface area contributed by atoms with Crippen LogP contribution >= 0.6 is 0 Å². The molecule has 0 aliphatic rings. The molecule has 0 saturated carbocycles. The van der Waals surface area contributed by atoms with Crippen molar-refractivity contribution in [3.8, 4) is 0 Å². The van der Waals surface area contributed by atoms with Crippen LogP contribution in [0.25, 0.3) is 0 Å². The van der Waals surface area contributed by atoms with Gasteiger partial charge in [-0.05, 0) is 40.0 Å². The van der Waals surface area contributed by atoms with Crippen LogP contribution in [0.5, 0.6) is 0 Å². The summed E-state index contributed by atoms with van der Waals surface area (Å²) >= 11 is 0. The van der Waals surface area contributed by atoms with Gasteiger partial charge in [-0.2, -0.15) is 0 Å². The molecular weight excluding hydrogens is 228 g/mol. The Kier molecular flexibility index (Phi) is 8.25. The monoisotopic (exact) mass is 258 g/mol. The molecular formula is C15H30O3. The summed E-state index contributed by atoms with van der Waals surface area (Å²) in [5, 5.41) is 0. The molecule has 0 aromatic heterocycles. The lowest BCUT2D eigenvalue weighted by Gasteiger charge is -2.24. The Bertz CT molecular complexity index is 228. The zero-order chi connectivity index (χ0) is 14.2. The quantitative estimate of drug-likeness (QED) is 0.621. The van der Waals surface area contributed by atoms with E-state index in [1.165, 1.54) is 0 Å². The molecule has 1 atom stereocenters. The minimum absolute atomic E-state index is 0.122. The van der Waals surface area contributed by atoms with E-state index >= 15 is 0 Å².